The van der Waals surface area contributed by atoms with Crippen molar-refractivity contribution in [3.05, 3.63) is 16.5 Å². The molecule has 0 aliphatic carbocycles. The highest BCUT2D eigenvalue weighted by molar-refractivity contribution is 7.91. The van der Waals surface area contributed by atoms with Crippen LogP contribution in [0.5, 0.6) is 0 Å². The molecule has 0 fully saturated rings. The molecule has 0 N–H and O–H groups in total. The van der Waals surface area contributed by atoms with Crippen LogP contribution in [0.2, 0.25) is 0 Å². The summed E-state index contributed by atoms with van der Waals surface area (Å²) in [5, 5.41) is 0. The van der Waals surface area contributed by atoms with Crippen LogP contribution in [0.15, 0.2) is 10.3 Å². The lowest BCUT2D eigenvalue weighted by molar-refractivity contribution is 0.319. The van der Waals surface area contributed by atoms with E-state index in [0.29, 0.717) is 22.6 Å². The minimum Gasteiger partial charge on any atom is -0.206 e. The molecule has 6 heteroatoms. The summed E-state index contributed by atoms with van der Waals surface area (Å²) in [4.78, 5) is 0.925. The van der Waals surface area contributed by atoms with Gasteiger partial charge in [0, 0.05) is 17.5 Å². The third kappa shape index (κ3) is 3.94. The molecule has 1 aromatic rings. The lowest BCUT2D eigenvalue weighted by Gasteiger charge is -2.26. The second-order valence-corrected chi connectivity index (χ2v) is 8.89. The Morgan fingerprint density at radius 2 is 1.89 bits per heavy atom. The van der Waals surface area contributed by atoms with Crippen LogP contribution in [0.1, 0.15) is 38.1 Å². The van der Waals surface area contributed by atoms with Gasteiger partial charge in [0.05, 0.1) is 5.88 Å². The standard InChI is InChI=1S/C13H22ClNO2S2/c1-9(2)8-15(10(3)4)19(16,17)13-6-11(5)12(7-14)18-13/h6,9-10H,7-8H2,1-5H3. The molecule has 19 heavy (non-hydrogen) atoms. The summed E-state index contributed by atoms with van der Waals surface area (Å²) >= 11 is 7.10. The number of halogens is 1. The molecule has 1 rings (SSSR count). The highest BCUT2D eigenvalue weighted by Crippen LogP contribution is 2.30. The van der Waals surface area contributed by atoms with Gasteiger partial charge in [-0.05, 0) is 38.3 Å². The summed E-state index contributed by atoms with van der Waals surface area (Å²) in [7, 11) is -3.41. The SMILES string of the molecule is Cc1cc(S(=O)(=O)N(CC(C)C)C(C)C)sc1CCl. The fourth-order valence-corrected chi connectivity index (χ4v) is 5.55. The number of nitrogens with zero attached hydrogens (tertiary/aromatic N) is 1. The molecular weight excluding hydrogens is 302 g/mol. The molecule has 0 saturated heterocycles. The highest BCUT2D eigenvalue weighted by Gasteiger charge is 2.29. The van der Waals surface area contributed by atoms with Crippen LogP contribution in [-0.2, 0) is 15.9 Å². The van der Waals surface area contributed by atoms with Gasteiger partial charge < -0.3 is 0 Å². The zero-order chi connectivity index (χ0) is 14.8. The third-order valence-corrected chi connectivity index (χ3v) is 6.96. The summed E-state index contributed by atoms with van der Waals surface area (Å²) < 4.78 is 27.3. The normalized spacial score (nSPS) is 12.9. The van der Waals surface area contributed by atoms with E-state index in [1.807, 2.05) is 34.6 Å². The molecule has 0 spiro atoms. The molecule has 0 bridgehead atoms. The van der Waals surface area contributed by atoms with Gasteiger partial charge in [0.15, 0.2) is 0 Å². The van der Waals surface area contributed by atoms with Crippen molar-refractivity contribution in [2.45, 2.75) is 50.7 Å². The van der Waals surface area contributed by atoms with Gasteiger partial charge in [-0.1, -0.05) is 13.8 Å². The maximum atomic E-state index is 12.7. The number of aryl methyl sites for hydroxylation is 1. The lowest BCUT2D eigenvalue weighted by Crippen LogP contribution is -2.39. The van der Waals surface area contributed by atoms with E-state index in [9.17, 15) is 8.42 Å². The molecule has 0 unspecified atom stereocenters. The van der Waals surface area contributed by atoms with Gasteiger partial charge in [0.1, 0.15) is 4.21 Å². The van der Waals surface area contributed by atoms with E-state index in [2.05, 4.69) is 0 Å². The van der Waals surface area contributed by atoms with Gasteiger partial charge >= 0.3 is 0 Å². The van der Waals surface area contributed by atoms with Crippen LogP contribution in [0.25, 0.3) is 0 Å². The average molecular weight is 324 g/mol. The second kappa shape index (κ2) is 6.57. The molecule has 0 saturated carbocycles. The van der Waals surface area contributed by atoms with Crippen molar-refractivity contribution < 1.29 is 8.42 Å². The highest BCUT2D eigenvalue weighted by atomic mass is 35.5. The maximum absolute atomic E-state index is 12.7. The third-order valence-electron chi connectivity index (χ3n) is 2.80. The number of hydrogen-bond acceptors (Lipinski definition) is 3. The second-order valence-electron chi connectivity index (χ2n) is 5.37. The Hall–Kier alpha value is -0.100. The van der Waals surface area contributed by atoms with E-state index in [4.69, 9.17) is 11.6 Å². The molecular formula is C13H22ClNO2S2. The first kappa shape index (κ1) is 17.0. The zero-order valence-electron chi connectivity index (χ0n) is 12.1. The quantitative estimate of drug-likeness (QED) is 0.746. The fraction of sp³-hybridized carbons (Fsp3) is 0.692. The van der Waals surface area contributed by atoms with Gasteiger partial charge in [-0.15, -0.1) is 22.9 Å². The molecule has 0 aliphatic rings. The van der Waals surface area contributed by atoms with Crippen molar-refractivity contribution in [2.75, 3.05) is 6.54 Å². The van der Waals surface area contributed by atoms with E-state index in [1.54, 1.807) is 10.4 Å². The predicted molar refractivity (Wildman–Crippen MR) is 82.5 cm³/mol. The average Bonchev–Trinajstić information content (AvgIpc) is 2.67. The Bertz CT molecular complexity index is 521. The summed E-state index contributed by atoms with van der Waals surface area (Å²) in [6.45, 7) is 10.3. The molecule has 0 atom stereocenters. The van der Waals surface area contributed by atoms with Gasteiger partial charge in [0.2, 0.25) is 0 Å². The Kier molecular flexibility index (Phi) is 5.86. The van der Waals surface area contributed by atoms with Crippen molar-refractivity contribution in [3.63, 3.8) is 0 Å². The smallest absolute Gasteiger partial charge is 0.206 e. The largest absolute Gasteiger partial charge is 0.252 e. The van der Waals surface area contributed by atoms with Crippen molar-refractivity contribution in [1.29, 1.82) is 0 Å². The van der Waals surface area contributed by atoms with Crippen LogP contribution in [0.4, 0.5) is 0 Å². The van der Waals surface area contributed by atoms with Crippen molar-refractivity contribution in [2.24, 2.45) is 5.92 Å². The molecule has 0 amide bonds. The number of alkyl halides is 1. The fourth-order valence-electron chi connectivity index (χ4n) is 1.81. The van der Waals surface area contributed by atoms with Crippen LogP contribution >= 0.6 is 22.9 Å². The van der Waals surface area contributed by atoms with E-state index >= 15 is 0 Å². The van der Waals surface area contributed by atoms with Crippen molar-refractivity contribution in [1.82, 2.24) is 4.31 Å². The minimum atomic E-state index is -3.41. The maximum Gasteiger partial charge on any atom is 0.252 e. The predicted octanol–water partition coefficient (Wildman–Crippen LogP) is 3.85. The molecule has 1 heterocycles. The van der Waals surface area contributed by atoms with Gasteiger partial charge in [-0.3, -0.25) is 0 Å². The Morgan fingerprint density at radius 3 is 2.26 bits per heavy atom. The number of thiophene rings is 1. The summed E-state index contributed by atoms with van der Waals surface area (Å²) in [6, 6.07) is 1.68. The van der Waals surface area contributed by atoms with E-state index in [0.717, 1.165) is 10.4 Å². The monoisotopic (exact) mass is 323 g/mol. The lowest BCUT2D eigenvalue weighted by atomic mass is 10.2. The van der Waals surface area contributed by atoms with Gasteiger partial charge in [0.25, 0.3) is 10.0 Å². The number of rotatable bonds is 6. The first-order valence-electron chi connectivity index (χ1n) is 6.37. The molecule has 0 aromatic carbocycles. The summed E-state index contributed by atoms with van der Waals surface area (Å²) in [5.74, 6) is 0.656. The van der Waals surface area contributed by atoms with E-state index in [-0.39, 0.29) is 6.04 Å². The first-order valence-corrected chi connectivity index (χ1v) is 9.16. The van der Waals surface area contributed by atoms with Crippen molar-refractivity contribution >= 4 is 33.0 Å². The Morgan fingerprint density at radius 1 is 1.32 bits per heavy atom. The van der Waals surface area contributed by atoms with Crippen LogP contribution in [-0.4, -0.2) is 25.3 Å². The summed E-state index contributed by atoms with van der Waals surface area (Å²) in [6.07, 6.45) is 0. The Balaban J connectivity index is 3.18. The number of hydrogen-bond donors (Lipinski definition) is 0. The Labute approximate surface area is 125 Å². The topological polar surface area (TPSA) is 37.4 Å². The number of sulfonamides is 1. The minimum absolute atomic E-state index is 0.0470. The van der Waals surface area contributed by atoms with Gasteiger partial charge in [-0.25, -0.2) is 8.42 Å². The van der Waals surface area contributed by atoms with Crippen LogP contribution in [0, 0.1) is 12.8 Å². The van der Waals surface area contributed by atoms with Crippen LogP contribution in [0.3, 0.4) is 0 Å². The first-order chi connectivity index (χ1) is 8.70. The van der Waals surface area contributed by atoms with Crippen LogP contribution < -0.4 is 0 Å². The van der Waals surface area contributed by atoms with E-state index in [1.165, 1.54) is 11.3 Å². The molecule has 3 nitrogen and oxygen atoms in total. The molecule has 110 valence electrons. The van der Waals surface area contributed by atoms with Crippen molar-refractivity contribution in [3.8, 4) is 0 Å². The zero-order valence-corrected chi connectivity index (χ0v) is 14.5. The van der Waals surface area contributed by atoms with Gasteiger partial charge in [-0.2, -0.15) is 4.31 Å². The summed E-state index contributed by atoms with van der Waals surface area (Å²) in [5.41, 5.74) is 0.951. The molecule has 0 aliphatic heterocycles. The molecule has 1 aromatic heterocycles. The van der Waals surface area contributed by atoms with E-state index < -0.39 is 10.0 Å². The molecule has 0 radical (unpaired) electrons.